The maximum atomic E-state index is 6.76. The largest absolute Gasteiger partial charge is 0.358 e. The first kappa shape index (κ1) is 18.4. The van der Waals surface area contributed by atoms with Gasteiger partial charge in [0.05, 0.1) is 0 Å². The summed E-state index contributed by atoms with van der Waals surface area (Å²) in [5.41, 5.74) is 8.10. The second kappa shape index (κ2) is 6.98. The Kier molecular flexibility index (Phi) is 4.42. The highest BCUT2D eigenvalue weighted by molar-refractivity contribution is 6.35. The zero-order valence-corrected chi connectivity index (χ0v) is 17.7. The Morgan fingerprint density at radius 1 is 0.690 bits per heavy atom. The molecular weight excluding hydrogens is 399 g/mol. The first-order valence-corrected chi connectivity index (χ1v) is 10.4. The second-order valence-corrected chi connectivity index (χ2v) is 8.36. The third kappa shape index (κ3) is 2.95. The third-order valence-corrected chi connectivity index (χ3v) is 6.30. The number of para-hydroxylation sites is 2. The van der Waals surface area contributed by atoms with Gasteiger partial charge in [0.2, 0.25) is 0 Å². The molecule has 2 N–H and O–H groups in total. The van der Waals surface area contributed by atoms with Crippen LogP contribution in [0.2, 0.25) is 10.0 Å². The molecule has 2 aromatic heterocycles. The standard InChI is InChI=1S/C25H20Cl2N2/c1-14-23(18-7-3-5-9-21(18)28-14)25(17-12-11-16(26)13-20(17)27)24-15(2)29-22-10-6-4-8-19(22)24/h3-13,25,28-29H,1-2H3. The Labute approximate surface area is 179 Å². The number of nitrogens with one attached hydrogen (secondary N) is 2. The van der Waals surface area contributed by atoms with Crippen LogP contribution in [0.25, 0.3) is 21.8 Å². The SMILES string of the molecule is Cc1[nH]c2ccccc2c1C(c1ccc(Cl)cc1Cl)c1c(C)[nH]c2ccccc12. The summed E-state index contributed by atoms with van der Waals surface area (Å²) >= 11 is 13.0. The Bertz CT molecular complexity index is 1280. The molecular formula is C25H20Cl2N2. The van der Waals surface area contributed by atoms with Gasteiger partial charge in [-0.2, -0.15) is 0 Å². The van der Waals surface area contributed by atoms with Gasteiger partial charge in [0.1, 0.15) is 0 Å². The summed E-state index contributed by atoms with van der Waals surface area (Å²) in [5, 5.41) is 3.75. The maximum absolute atomic E-state index is 6.76. The lowest BCUT2D eigenvalue weighted by molar-refractivity contribution is 0.962. The minimum absolute atomic E-state index is 0.0212. The molecule has 0 fully saturated rings. The summed E-state index contributed by atoms with van der Waals surface area (Å²) in [4.78, 5) is 7.12. The van der Waals surface area contributed by atoms with Crippen LogP contribution >= 0.6 is 23.2 Å². The second-order valence-electron chi connectivity index (χ2n) is 7.52. The number of hydrogen-bond donors (Lipinski definition) is 2. The molecule has 4 heteroatoms. The quantitative estimate of drug-likeness (QED) is 0.300. The molecule has 0 aliphatic heterocycles. The van der Waals surface area contributed by atoms with Gasteiger partial charge < -0.3 is 9.97 Å². The molecule has 0 bridgehead atoms. The van der Waals surface area contributed by atoms with Crippen LogP contribution in [-0.4, -0.2) is 9.97 Å². The molecule has 0 spiro atoms. The fraction of sp³-hybridized carbons (Fsp3) is 0.120. The zero-order chi connectivity index (χ0) is 20.1. The zero-order valence-electron chi connectivity index (χ0n) is 16.2. The van der Waals surface area contributed by atoms with Crippen LogP contribution in [0.3, 0.4) is 0 Å². The van der Waals surface area contributed by atoms with Crippen molar-refractivity contribution in [3.05, 3.63) is 105 Å². The first-order valence-electron chi connectivity index (χ1n) is 9.64. The van der Waals surface area contributed by atoms with E-state index in [0.717, 1.165) is 28.0 Å². The summed E-state index contributed by atoms with van der Waals surface area (Å²) in [6.45, 7) is 4.27. The normalized spacial score (nSPS) is 11.8. The molecule has 5 rings (SSSR count). The number of halogens is 2. The van der Waals surface area contributed by atoms with Crippen molar-refractivity contribution in [1.29, 1.82) is 0 Å². The van der Waals surface area contributed by atoms with E-state index in [4.69, 9.17) is 23.2 Å². The van der Waals surface area contributed by atoms with Crippen LogP contribution in [0.15, 0.2) is 66.7 Å². The summed E-state index contributed by atoms with van der Waals surface area (Å²) in [7, 11) is 0. The van der Waals surface area contributed by atoms with Crippen molar-refractivity contribution in [2.45, 2.75) is 19.8 Å². The predicted octanol–water partition coefficient (Wildman–Crippen LogP) is 7.75. The molecule has 2 heterocycles. The lowest BCUT2D eigenvalue weighted by Crippen LogP contribution is -2.06. The van der Waals surface area contributed by atoms with E-state index in [9.17, 15) is 0 Å². The Hall–Kier alpha value is -2.68. The monoisotopic (exact) mass is 418 g/mol. The number of aromatic amines is 2. The Morgan fingerprint density at radius 2 is 1.21 bits per heavy atom. The maximum Gasteiger partial charge on any atom is 0.0462 e. The highest BCUT2D eigenvalue weighted by Gasteiger charge is 2.28. The van der Waals surface area contributed by atoms with Crippen molar-refractivity contribution in [2.24, 2.45) is 0 Å². The smallest absolute Gasteiger partial charge is 0.0462 e. The highest BCUT2D eigenvalue weighted by atomic mass is 35.5. The molecule has 0 saturated carbocycles. The number of H-pyrrole nitrogens is 2. The molecule has 0 aliphatic rings. The van der Waals surface area contributed by atoms with Crippen molar-refractivity contribution in [3.63, 3.8) is 0 Å². The number of aryl methyl sites for hydroxylation is 2. The van der Waals surface area contributed by atoms with Gasteiger partial charge in [0.15, 0.2) is 0 Å². The molecule has 0 aliphatic carbocycles. The lowest BCUT2D eigenvalue weighted by atomic mass is 9.82. The number of aromatic nitrogens is 2. The topological polar surface area (TPSA) is 31.6 Å². The van der Waals surface area contributed by atoms with Gasteiger partial charge >= 0.3 is 0 Å². The summed E-state index contributed by atoms with van der Waals surface area (Å²) in [5.74, 6) is -0.0212. The molecule has 144 valence electrons. The van der Waals surface area contributed by atoms with Gasteiger partial charge in [-0.15, -0.1) is 0 Å². The van der Waals surface area contributed by atoms with Gasteiger partial charge in [0.25, 0.3) is 0 Å². The Morgan fingerprint density at radius 3 is 1.72 bits per heavy atom. The predicted molar refractivity (Wildman–Crippen MR) is 123 cm³/mol. The van der Waals surface area contributed by atoms with Crippen molar-refractivity contribution < 1.29 is 0 Å². The van der Waals surface area contributed by atoms with Gasteiger partial charge in [0, 0.05) is 49.2 Å². The van der Waals surface area contributed by atoms with Gasteiger partial charge in [-0.3, -0.25) is 0 Å². The minimum atomic E-state index is -0.0212. The van der Waals surface area contributed by atoms with Crippen molar-refractivity contribution >= 4 is 45.0 Å². The van der Waals surface area contributed by atoms with E-state index in [1.165, 1.54) is 21.9 Å². The average molecular weight is 419 g/mol. The fourth-order valence-electron chi connectivity index (χ4n) is 4.53. The molecule has 0 amide bonds. The van der Waals surface area contributed by atoms with Crippen molar-refractivity contribution in [3.8, 4) is 0 Å². The van der Waals surface area contributed by atoms with Crippen LogP contribution in [0.1, 0.15) is 34.0 Å². The van der Waals surface area contributed by atoms with Gasteiger partial charge in [-0.25, -0.2) is 0 Å². The van der Waals surface area contributed by atoms with E-state index in [2.05, 4.69) is 78.4 Å². The van der Waals surface area contributed by atoms with Gasteiger partial charge in [-0.05, 0) is 54.8 Å². The van der Waals surface area contributed by atoms with Crippen LogP contribution in [0.5, 0.6) is 0 Å². The molecule has 0 atom stereocenters. The number of rotatable bonds is 3. The number of hydrogen-bond acceptors (Lipinski definition) is 0. The molecule has 0 radical (unpaired) electrons. The Balaban J connectivity index is 1.90. The van der Waals surface area contributed by atoms with Gasteiger partial charge in [-0.1, -0.05) is 65.7 Å². The van der Waals surface area contributed by atoms with E-state index in [1.54, 1.807) is 0 Å². The fourth-order valence-corrected chi connectivity index (χ4v) is 5.05. The number of fused-ring (bicyclic) bond motifs is 2. The van der Waals surface area contributed by atoms with Crippen molar-refractivity contribution in [2.75, 3.05) is 0 Å². The molecule has 0 saturated heterocycles. The summed E-state index contributed by atoms with van der Waals surface area (Å²) < 4.78 is 0. The van der Waals surface area contributed by atoms with Crippen LogP contribution in [-0.2, 0) is 0 Å². The van der Waals surface area contributed by atoms with E-state index >= 15 is 0 Å². The van der Waals surface area contributed by atoms with E-state index in [0.29, 0.717) is 10.0 Å². The summed E-state index contributed by atoms with van der Waals surface area (Å²) in [6.07, 6.45) is 0. The lowest BCUT2D eigenvalue weighted by Gasteiger charge is -2.21. The minimum Gasteiger partial charge on any atom is -0.358 e. The highest BCUT2D eigenvalue weighted by Crippen LogP contribution is 2.44. The molecule has 2 nitrogen and oxygen atoms in total. The average Bonchev–Trinajstić information content (AvgIpc) is 3.20. The molecule has 29 heavy (non-hydrogen) atoms. The molecule has 0 unspecified atom stereocenters. The van der Waals surface area contributed by atoms with Crippen molar-refractivity contribution in [1.82, 2.24) is 9.97 Å². The van der Waals surface area contributed by atoms with E-state index in [1.807, 2.05) is 12.1 Å². The van der Waals surface area contributed by atoms with E-state index in [-0.39, 0.29) is 5.92 Å². The number of benzene rings is 3. The van der Waals surface area contributed by atoms with E-state index < -0.39 is 0 Å². The molecule has 5 aromatic rings. The van der Waals surface area contributed by atoms with Crippen LogP contribution in [0.4, 0.5) is 0 Å². The first-order chi connectivity index (χ1) is 14.0. The van der Waals surface area contributed by atoms with Crippen LogP contribution in [0, 0.1) is 13.8 Å². The summed E-state index contributed by atoms with van der Waals surface area (Å²) in [6, 6.07) is 22.7. The third-order valence-electron chi connectivity index (χ3n) is 5.74. The van der Waals surface area contributed by atoms with Crippen LogP contribution < -0.4 is 0 Å². The molecule has 3 aromatic carbocycles.